The number of carboxylic acids is 1. The standard InChI is InChI=1S/C25H27ClN2O6/c1-3-33-15-19(25(30)31)13-21(27-24(29)22-14-23(32-2)28-34-22)11-16-7-9-17(10-8-16)18-5-4-6-20(26)12-18/h4-10,12,14,19,21H,3,11,13,15H2,1-2H3,(H,27,29)(H,30,31)/t19-,21+/m0/s1. The first-order chi connectivity index (χ1) is 16.4. The van der Waals surface area contributed by atoms with Crippen molar-refractivity contribution in [2.24, 2.45) is 5.92 Å². The monoisotopic (exact) mass is 486 g/mol. The number of aliphatic carboxylic acids is 1. The molecule has 8 nitrogen and oxygen atoms in total. The van der Waals surface area contributed by atoms with Crippen molar-refractivity contribution in [3.05, 3.63) is 70.9 Å². The molecule has 1 heterocycles. The van der Waals surface area contributed by atoms with Gasteiger partial charge in [0, 0.05) is 17.7 Å². The fourth-order valence-electron chi connectivity index (χ4n) is 3.54. The lowest BCUT2D eigenvalue weighted by Crippen LogP contribution is -2.40. The van der Waals surface area contributed by atoms with Crippen molar-refractivity contribution >= 4 is 23.5 Å². The van der Waals surface area contributed by atoms with Crippen molar-refractivity contribution in [1.82, 2.24) is 10.5 Å². The molecule has 0 fully saturated rings. The van der Waals surface area contributed by atoms with Gasteiger partial charge in [0.25, 0.3) is 11.8 Å². The molecular formula is C25H27ClN2O6. The Morgan fingerprint density at radius 1 is 1.15 bits per heavy atom. The first-order valence-corrected chi connectivity index (χ1v) is 11.2. The van der Waals surface area contributed by atoms with Crippen LogP contribution in [-0.2, 0) is 16.0 Å². The van der Waals surface area contributed by atoms with E-state index in [4.69, 9.17) is 25.6 Å². The van der Waals surface area contributed by atoms with Crippen LogP contribution in [0.25, 0.3) is 11.1 Å². The number of halogens is 1. The first-order valence-electron chi connectivity index (χ1n) is 10.9. The van der Waals surface area contributed by atoms with E-state index in [2.05, 4.69) is 10.5 Å². The summed E-state index contributed by atoms with van der Waals surface area (Å²) in [6.07, 6.45) is 0.602. The average Bonchev–Trinajstić information content (AvgIpc) is 3.31. The Hall–Kier alpha value is -3.36. The average molecular weight is 487 g/mol. The topological polar surface area (TPSA) is 111 Å². The second kappa shape index (κ2) is 12.2. The lowest BCUT2D eigenvalue weighted by molar-refractivity contribution is -0.144. The van der Waals surface area contributed by atoms with Crippen LogP contribution in [0.5, 0.6) is 5.88 Å². The van der Waals surface area contributed by atoms with E-state index in [1.54, 1.807) is 6.92 Å². The minimum absolute atomic E-state index is 0.0187. The van der Waals surface area contributed by atoms with Crippen LogP contribution in [0, 0.1) is 5.92 Å². The van der Waals surface area contributed by atoms with E-state index in [1.165, 1.54) is 13.2 Å². The third kappa shape index (κ3) is 7.07. The van der Waals surface area contributed by atoms with E-state index < -0.39 is 23.8 Å². The predicted octanol–water partition coefficient (Wildman–Crippen LogP) is 4.47. The van der Waals surface area contributed by atoms with Gasteiger partial charge in [-0.1, -0.05) is 48.0 Å². The van der Waals surface area contributed by atoms with Gasteiger partial charge in [-0.15, -0.1) is 0 Å². The molecule has 3 aromatic rings. The van der Waals surface area contributed by atoms with Crippen LogP contribution < -0.4 is 10.1 Å². The summed E-state index contributed by atoms with van der Waals surface area (Å²) in [6, 6.07) is 16.3. The fraction of sp³-hybridized carbons (Fsp3) is 0.320. The van der Waals surface area contributed by atoms with Gasteiger partial charge < -0.3 is 24.4 Å². The van der Waals surface area contributed by atoms with E-state index in [0.29, 0.717) is 18.1 Å². The van der Waals surface area contributed by atoms with Gasteiger partial charge >= 0.3 is 5.97 Å². The van der Waals surface area contributed by atoms with Crippen LogP contribution in [0.15, 0.2) is 59.1 Å². The Kier molecular flexibility index (Phi) is 9.07. The third-order valence-electron chi connectivity index (χ3n) is 5.29. The molecule has 180 valence electrons. The molecule has 0 aliphatic rings. The van der Waals surface area contributed by atoms with Crippen molar-refractivity contribution in [3.63, 3.8) is 0 Å². The number of hydrogen-bond acceptors (Lipinski definition) is 6. The normalized spacial score (nSPS) is 12.7. The SMILES string of the molecule is CCOC[C@H](C[C@@H](Cc1ccc(-c2cccc(Cl)c2)cc1)NC(=O)c1cc(OC)no1)C(=O)O. The Morgan fingerprint density at radius 2 is 1.91 bits per heavy atom. The fourth-order valence-corrected chi connectivity index (χ4v) is 3.73. The summed E-state index contributed by atoms with van der Waals surface area (Å²) in [5.74, 6) is -2.10. The van der Waals surface area contributed by atoms with Crippen LogP contribution in [0.2, 0.25) is 5.02 Å². The van der Waals surface area contributed by atoms with Gasteiger partial charge in [-0.25, -0.2) is 0 Å². The number of aromatic nitrogens is 1. The maximum absolute atomic E-state index is 12.7. The molecule has 9 heteroatoms. The number of carboxylic acid groups (broad SMARTS) is 1. The molecule has 0 radical (unpaired) electrons. The van der Waals surface area contributed by atoms with Crippen molar-refractivity contribution in [1.29, 1.82) is 0 Å². The number of carbonyl (C=O) groups is 2. The summed E-state index contributed by atoms with van der Waals surface area (Å²) in [5.41, 5.74) is 2.93. The van der Waals surface area contributed by atoms with Crippen LogP contribution in [0.1, 0.15) is 29.5 Å². The number of carbonyl (C=O) groups excluding carboxylic acids is 1. The van der Waals surface area contributed by atoms with Crippen LogP contribution in [0.4, 0.5) is 0 Å². The van der Waals surface area contributed by atoms with Gasteiger partial charge in [0.15, 0.2) is 0 Å². The van der Waals surface area contributed by atoms with Gasteiger partial charge in [-0.3, -0.25) is 9.59 Å². The number of methoxy groups -OCH3 is 1. The maximum Gasteiger partial charge on any atom is 0.308 e. The summed E-state index contributed by atoms with van der Waals surface area (Å²) in [7, 11) is 1.42. The second-order valence-electron chi connectivity index (χ2n) is 7.75. The number of nitrogens with zero attached hydrogens (tertiary/aromatic N) is 1. The van der Waals surface area contributed by atoms with Gasteiger partial charge in [0.2, 0.25) is 5.76 Å². The highest BCUT2D eigenvalue weighted by Gasteiger charge is 2.26. The molecule has 0 spiro atoms. The number of ether oxygens (including phenoxy) is 2. The van der Waals surface area contributed by atoms with Crippen molar-refractivity contribution in [2.45, 2.75) is 25.8 Å². The van der Waals surface area contributed by atoms with Crippen molar-refractivity contribution < 1.29 is 28.7 Å². The minimum atomic E-state index is -0.981. The summed E-state index contributed by atoms with van der Waals surface area (Å²) in [4.78, 5) is 24.5. The van der Waals surface area contributed by atoms with E-state index in [-0.39, 0.29) is 24.7 Å². The maximum atomic E-state index is 12.7. The van der Waals surface area contributed by atoms with Crippen molar-refractivity contribution in [3.8, 4) is 17.0 Å². The highest BCUT2D eigenvalue weighted by atomic mass is 35.5. The van der Waals surface area contributed by atoms with E-state index >= 15 is 0 Å². The van der Waals surface area contributed by atoms with E-state index in [9.17, 15) is 14.7 Å². The molecule has 2 aromatic carbocycles. The number of amides is 1. The Labute approximate surface area is 202 Å². The number of nitrogens with one attached hydrogen (secondary N) is 1. The number of rotatable bonds is 12. The second-order valence-corrected chi connectivity index (χ2v) is 8.18. The van der Waals surface area contributed by atoms with Gasteiger partial charge in [-0.05, 0) is 53.7 Å². The molecule has 0 aliphatic heterocycles. The molecule has 0 saturated heterocycles. The lowest BCUT2D eigenvalue weighted by atomic mass is 9.94. The summed E-state index contributed by atoms with van der Waals surface area (Å²) in [5, 5.41) is 16.8. The molecule has 1 amide bonds. The molecule has 34 heavy (non-hydrogen) atoms. The molecule has 2 atom stereocenters. The zero-order valence-electron chi connectivity index (χ0n) is 19.0. The highest BCUT2D eigenvalue weighted by Crippen LogP contribution is 2.24. The number of benzene rings is 2. The van der Waals surface area contributed by atoms with Crippen molar-refractivity contribution in [2.75, 3.05) is 20.3 Å². The predicted molar refractivity (Wildman–Crippen MR) is 127 cm³/mol. The van der Waals surface area contributed by atoms with E-state index in [0.717, 1.165) is 16.7 Å². The summed E-state index contributed by atoms with van der Waals surface area (Å²) in [6.45, 7) is 2.27. The largest absolute Gasteiger partial charge is 0.481 e. The third-order valence-corrected chi connectivity index (χ3v) is 5.53. The molecule has 3 rings (SSSR count). The smallest absolute Gasteiger partial charge is 0.308 e. The van der Waals surface area contributed by atoms with Crippen LogP contribution >= 0.6 is 11.6 Å². The number of hydrogen-bond donors (Lipinski definition) is 2. The first kappa shape index (κ1) is 25.3. The quantitative estimate of drug-likeness (QED) is 0.388. The highest BCUT2D eigenvalue weighted by molar-refractivity contribution is 6.30. The van der Waals surface area contributed by atoms with Crippen LogP contribution in [0.3, 0.4) is 0 Å². The lowest BCUT2D eigenvalue weighted by Gasteiger charge is -2.22. The molecule has 0 aliphatic carbocycles. The Balaban J connectivity index is 1.77. The molecule has 0 saturated carbocycles. The Bertz CT molecular complexity index is 1100. The zero-order valence-corrected chi connectivity index (χ0v) is 19.7. The van der Waals surface area contributed by atoms with Gasteiger partial charge in [0.05, 0.1) is 25.7 Å². The van der Waals surface area contributed by atoms with Crippen LogP contribution in [-0.4, -0.2) is 48.5 Å². The minimum Gasteiger partial charge on any atom is -0.481 e. The zero-order chi connectivity index (χ0) is 24.5. The van der Waals surface area contributed by atoms with E-state index in [1.807, 2.05) is 48.5 Å². The molecule has 1 aromatic heterocycles. The van der Waals surface area contributed by atoms with Gasteiger partial charge in [-0.2, -0.15) is 0 Å². The Morgan fingerprint density at radius 3 is 2.53 bits per heavy atom. The summed E-state index contributed by atoms with van der Waals surface area (Å²) < 4.78 is 15.3. The molecule has 0 unspecified atom stereocenters. The molecule has 2 N–H and O–H groups in total. The summed E-state index contributed by atoms with van der Waals surface area (Å²) >= 11 is 6.10. The molecule has 0 bridgehead atoms. The molecular weight excluding hydrogens is 460 g/mol. The van der Waals surface area contributed by atoms with Gasteiger partial charge in [0.1, 0.15) is 0 Å².